The van der Waals surface area contributed by atoms with E-state index in [1.54, 1.807) is 0 Å². The standard InChI is InChI=1S/C21H20N2/c1-2-23-19(14-12-17-8-4-6-10-21(17)23)15-18-13-11-16-7-3-5-9-20(16)22-18/h3-16,20H,2H2,1H3. The molecule has 23 heavy (non-hydrogen) atoms. The van der Waals surface area contributed by atoms with Crippen LogP contribution in [0.3, 0.4) is 0 Å². The molecule has 114 valence electrons. The first-order chi connectivity index (χ1) is 11.3. The molecule has 2 heteroatoms. The van der Waals surface area contributed by atoms with Crippen LogP contribution in [-0.4, -0.2) is 18.3 Å². The van der Waals surface area contributed by atoms with E-state index in [0.29, 0.717) is 5.92 Å². The van der Waals surface area contributed by atoms with Crippen molar-refractivity contribution in [1.29, 1.82) is 0 Å². The number of dihydropyridines is 1. The van der Waals surface area contributed by atoms with Crippen molar-refractivity contribution in [1.82, 2.24) is 0 Å². The van der Waals surface area contributed by atoms with E-state index in [0.717, 1.165) is 12.3 Å². The Bertz CT molecular complexity index is 790. The maximum Gasteiger partial charge on any atom is 0.0787 e. The van der Waals surface area contributed by atoms with Gasteiger partial charge >= 0.3 is 0 Å². The van der Waals surface area contributed by atoms with E-state index in [2.05, 4.69) is 90.8 Å². The molecule has 0 aromatic heterocycles. The number of likely N-dealkylation sites (N-methyl/N-ethyl adjacent to an activating group) is 1. The summed E-state index contributed by atoms with van der Waals surface area (Å²) in [5.74, 6) is 0.409. The van der Waals surface area contributed by atoms with Crippen molar-refractivity contribution in [3.05, 3.63) is 84.1 Å². The molecule has 4 rings (SSSR count). The summed E-state index contributed by atoms with van der Waals surface area (Å²) in [6.07, 6.45) is 19.5. The summed E-state index contributed by atoms with van der Waals surface area (Å²) < 4.78 is 0. The van der Waals surface area contributed by atoms with Gasteiger partial charge < -0.3 is 4.90 Å². The van der Waals surface area contributed by atoms with Crippen LogP contribution in [0.15, 0.2) is 83.6 Å². The van der Waals surface area contributed by atoms with Gasteiger partial charge in [0.15, 0.2) is 0 Å². The molecule has 0 N–H and O–H groups in total. The number of hydrogen-bond acceptors (Lipinski definition) is 2. The first-order valence-electron chi connectivity index (χ1n) is 8.22. The van der Waals surface area contributed by atoms with Gasteiger partial charge in [-0.15, -0.1) is 0 Å². The Balaban J connectivity index is 1.67. The molecule has 0 amide bonds. The molecule has 0 saturated carbocycles. The van der Waals surface area contributed by atoms with Crippen LogP contribution in [0.2, 0.25) is 0 Å². The summed E-state index contributed by atoms with van der Waals surface area (Å²) in [4.78, 5) is 7.22. The fraction of sp³-hybridized carbons (Fsp3) is 0.190. The van der Waals surface area contributed by atoms with Crippen molar-refractivity contribution in [2.75, 3.05) is 11.4 Å². The number of hydrogen-bond donors (Lipinski definition) is 0. The van der Waals surface area contributed by atoms with Gasteiger partial charge in [0.1, 0.15) is 0 Å². The minimum Gasteiger partial charge on any atom is -0.341 e. The molecule has 2 atom stereocenters. The third-order valence-electron chi connectivity index (χ3n) is 4.52. The molecule has 0 fully saturated rings. The number of aliphatic imine (C=N–C) groups is 1. The Morgan fingerprint density at radius 1 is 1.04 bits per heavy atom. The van der Waals surface area contributed by atoms with E-state index in [1.165, 1.54) is 16.9 Å². The lowest BCUT2D eigenvalue weighted by atomic mass is 9.92. The predicted molar refractivity (Wildman–Crippen MR) is 98.7 cm³/mol. The zero-order valence-corrected chi connectivity index (χ0v) is 13.3. The van der Waals surface area contributed by atoms with Crippen molar-refractivity contribution in [3.63, 3.8) is 0 Å². The number of nitrogens with zero attached hydrogens (tertiary/aromatic N) is 2. The average molecular weight is 300 g/mol. The molecular formula is C21H20N2. The maximum absolute atomic E-state index is 4.88. The van der Waals surface area contributed by atoms with Crippen LogP contribution in [0.4, 0.5) is 5.69 Å². The Hall–Kier alpha value is -2.61. The Morgan fingerprint density at radius 2 is 1.91 bits per heavy atom. The molecule has 2 nitrogen and oxygen atoms in total. The number of benzene rings is 1. The van der Waals surface area contributed by atoms with Crippen LogP contribution in [0.25, 0.3) is 6.08 Å². The molecule has 2 heterocycles. The van der Waals surface area contributed by atoms with Gasteiger partial charge in [-0.25, -0.2) is 0 Å². The molecule has 2 unspecified atom stereocenters. The van der Waals surface area contributed by atoms with E-state index < -0.39 is 0 Å². The zero-order valence-electron chi connectivity index (χ0n) is 13.3. The largest absolute Gasteiger partial charge is 0.341 e. The highest BCUT2D eigenvalue weighted by molar-refractivity contribution is 6.06. The van der Waals surface area contributed by atoms with Crippen molar-refractivity contribution < 1.29 is 0 Å². The molecule has 1 aromatic carbocycles. The molecule has 0 radical (unpaired) electrons. The first kappa shape index (κ1) is 14.0. The van der Waals surface area contributed by atoms with Gasteiger partial charge in [0, 0.05) is 23.8 Å². The average Bonchev–Trinajstić information content (AvgIpc) is 2.61. The molecule has 0 bridgehead atoms. The summed E-state index contributed by atoms with van der Waals surface area (Å²) >= 11 is 0. The summed E-state index contributed by atoms with van der Waals surface area (Å²) in [5.41, 5.74) is 4.78. The molecule has 2 aliphatic heterocycles. The minimum atomic E-state index is 0.242. The molecule has 0 spiro atoms. The van der Waals surface area contributed by atoms with Gasteiger partial charge in [0.05, 0.1) is 11.8 Å². The lowest BCUT2D eigenvalue weighted by molar-refractivity contribution is 0.680. The van der Waals surface area contributed by atoms with Crippen LogP contribution in [0.5, 0.6) is 0 Å². The Kier molecular flexibility index (Phi) is 3.58. The minimum absolute atomic E-state index is 0.242. The SMILES string of the molecule is CCN1C(=CC2=NC3C=CC=CC3C=C2)C=Cc2ccccc21. The van der Waals surface area contributed by atoms with Crippen molar-refractivity contribution >= 4 is 17.5 Å². The van der Waals surface area contributed by atoms with Crippen LogP contribution >= 0.6 is 0 Å². The number of para-hydroxylation sites is 1. The molecule has 0 saturated heterocycles. The van der Waals surface area contributed by atoms with E-state index in [1.807, 2.05) is 0 Å². The number of allylic oxidation sites excluding steroid dienone is 5. The van der Waals surface area contributed by atoms with E-state index >= 15 is 0 Å². The fourth-order valence-electron chi connectivity index (χ4n) is 3.34. The third-order valence-corrected chi connectivity index (χ3v) is 4.52. The van der Waals surface area contributed by atoms with Gasteiger partial charge in [-0.05, 0) is 36.8 Å². The second-order valence-corrected chi connectivity index (χ2v) is 5.96. The second-order valence-electron chi connectivity index (χ2n) is 5.96. The number of anilines is 1. The van der Waals surface area contributed by atoms with Crippen molar-refractivity contribution in [2.45, 2.75) is 13.0 Å². The normalized spacial score (nSPS) is 26.2. The highest BCUT2D eigenvalue weighted by Crippen LogP contribution is 2.31. The van der Waals surface area contributed by atoms with Gasteiger partial charge in [0.25, 0.3) is 0 Å². The monoisotopic (exact) mass is 300 g/mol. The van der Waals surface area contributed by atoms with Gasteiger partial charge in [-0.3, -0.25) is 4.99 Å². The third kappa shape index (κ3) is 2.61. The number of fused-ring (bicyclic) bond motifs is 2. The van der Waals surface area contributed by atoms with Crippen LogP contribution in [0, 0.1) is 5.92 Å². The fourth-order valence-corrected chi connectivity index (χ4v) is 3.34. The van der Waals surface area contributed by atoms with E-state index in [4.69, 9.17) is 4.99 Å². The van der Waals surface area contributed by atoms with Gasteiger partial charge in [-0.2, -0.15) is 0 Å². The van der Waals surface area contributed by atoms with Crippen LogP contribution in [-0.2, 0) is 0 Å². The first-order valence-corrected chi connectivity index (χ1v) is 8.22. The topological polar surface area (TPSA) is 15.6 Å². The van der Waals surface area contributed by atoms with E-state index in [-0.39, 0.29) is 6.04 Å². The smallest absolute Gasteiger partial charge is 0.0787 e. The number of rotatable bonds is 2. The summed E-state index contributed by atoms with van der Waals surface area (Å²) in [6.45, 7) is 3.13. The van der Waals surface area contributed by atoms with Crippen molar-refractivity contribution in [2.24, 2.45) is 10.9 Å². The summed E-state index contributed by atoms with van der Waals surface area (Å²) in [7, 11) is 0. The van der Waals surface area contributed by atoms with Gasteiger partial charge in [-0.1, -0.05) is 54.7 Å². The van der Waals surface area contributed by atoms with E-state index in [9.17, 15) is 0 Å². The zero-order chi connectivity index (χ0) is 15.6. The molecule has 1 aromatic rings. The van der Waals surface area contributed by atoms with Crippen LogP contribution in [0.1, 0.15) is 12.5 Å². The molecule has 1 aliphatic carbocycles. The maximum atomic E-state index is 4.88. The van der Waals surface area contributed by atoms with Crippen LogP contribution < -0.4 is 4.90 Å². The van der Waals surface area contributed by atoms with Gasteiger partial charge in [0.2, 0.25) is 0 Å². The second kappa shape index (κ2) is 5.88. The van der Waals surface area contributed by atoms with Crippen molar-refractivity contribution in [3.8, 4) is 0 Å². The Morgan fingerprint density at radius 3 is 2.83 bits per heavy atom. The lowest BCUT2D eigenvalue weighted by Crippen LogP contribution is -2.25. The lowest BCUT2D eigenvalue weighted by Gasteiger charge is -2.30. The predicted octanol–water partition coefficient (Wildman–Crippen LogP) is 4.55. The molecule has 3 aliphatic rings. The quantitative estimate of drug-likeness (QED) is 0.782. The Labute approximate surface area is 137 Å². The summed E-state index contributed by atoms with van der Waals surface area (Å²) in [5, 5.41) is 0. The highest BCUT2D eigenvalue weighted by Gasteiger charge is 2.20. The molecular weight excluding hydrogens is 280 g/mol. The highest BCUT2D eigenvalue weighted by atomic mass is 15.1. The summed E-state index contributed by atoms with van der Waals surface area (Å²) in [6, 6.07) is 8.77.